The monoisotopic (exact) mass is 252 g/mol. The van der Waals surface area contributed by atoms with Gasteiger partial charge in [0.05, 0.1) is 6.61 Å². The Kier molecular flexibility index (Phi) is 5.57. The van der Waals surface area contributed by atoms with Crippen molar-refractivity contribution in [3.05, 3.63) is 11.6 Å². The summed E-state index contributed by atoms with van der Waals surface area (Å²) >= 11 is 0. The highest BCUT2D eigenvalue weighted by Crippen LogP contribution is 2.38. The number of rotatable bonds is 5. The van der Waals surface area contributed by atoms with Gasteiger partial charge in [0.15, 0.2) is 0 Å². The molecule has 0 radical (unpaired) electrons. The molecule has 3 nitrogen and oxygen atoms in total. The predicted octanol–water partition coefficient (Wildman–Crippen LogP) is 3.43. The van der Waals surface area contributed by atoms with Crippen LogP contribution in [0.2, 0.25) is 0 Å². The van der Waals surface area contributed by atoms with Gasteiger partial charge in [0.1, 0.15) is 5.78 Å². The first-order valence-electron chi connectivity index (χ1n) is 6.82. The average molecular weight is 252 g/mol. The molecule has 0 aromatic carbocycles. The van der Waals surface area contributed by atoms with Crippen molar-refractivity contribution in [3.8, 4) is 0 Å². The SMILES string of the molecule is CCOC(=O)/C(C)=C\CC[C@@]1(C)CCCC(=O)C1. The topological polar surface area (TPSA) is 43.4 Å². The quantitative estimate of drug-likeness (QED) is 0.556. The van der Waals surface area contributed by atoms with E-state index in [0.717, 1.165) is 32.1 Å². The van der Waals surface area contributed by atoms with Crippen molar-refractivity contribution in [2.75, 3.05) is 6.61 Å². The lowest BCUT2D eigenvalue weighted by Gasteiger charge is -2.32. The fraction of sp³-hybridized carbons (Fsp3) is 0.733. The first-order chi connectivity index (χ1) is 8.47. The predicted molar refractivity (Wildman–Crippen MR) is 71.2 cm³/mol. The maximum atomic E-state index is 11.5. The Labute approximate surface area is 110 Å². The first kappa shape index (κ1) is 14.9. The lowest BCUT2D eigenvalue weighted by Crippen LogP contribution is -2.25. The molecule has 3 heteroatoms. The highest BCUT2D eigenvalue weighted by atomic mass is 16.5. The second kappa shape index (κ2) is 6.72. The van der Waals surface area contributed by atoms with E-state index in [4.69, 9.17) is 4.74 Å². The first-order valence-corrected chi connectivity index (χ1v) is 6.82. The summed E-state index contributed by atoms with van der Waals surface area (Å²) in [4.78, 5) is 22.9. The van der Waals surface area contributed by atoms with Crippen molar-refractivity contribution in [2.45, 2.75) is 59.3 Å². The van der Waals surface area contributed by atoms with Gasteiger partial charge in [0.25, 0.3) is 0 Å². The summed E-state index contributed by atoms with van der Waals surface area (Å²) in [6.07, 6.45) is 7.31. The van der Waals surface area contributed by atoms with Crippen molar-refractivity contribution < 1.29 is 14.3 Å². The summed E-state index contributed by atoms with van der Waals surface area (Å²) in [7, 11) is 0. The van der Waals surface area contributed by atoms with Crippen LogP contribution in [0.25, 0.3) is 0 Å². The molecular weight excluding hydrogens is 228 g/mol. The van der Waals surface area contributed by atoms with E-state index < -0.39 is 0 Å². The summed E-state index contributed by atoms with van der Waals surface area (Å²) in [5, 5.41) is 0. The molecule has 18 heavy (non-hydrogen) atoms. The van der Waals surface area contributed by atoms with Gasteiger partial charge >= 0.3 is 5.97 Å². The van der Waals surface area contributed by atoms with Gasteiger partial charge in [-0.05, 0) is 44.9 Å². The van der Waals surface area contributed by atoms with Crippen LogP contribution in [-0.2, 0) is 14.3 Å². The molecule has 0 heterocycles. The van der Waals surface area contributed by atoms with E-state index in [2.05, 4.69) is 6.92 Å². The van der Waals surface area contributed by atoms with Crippen molar-refractivity contribution in [1.29, 1.82) is 0 Å². The van der Waals surface area contributed by atoms with Crippen LogP contribution in [0, 0.1) is 5.41 Å². The lowest BCUT2D eigenvalue weighted by atomic mass is 9.72. The average Bonchev–Trinajstić information content (AvgIpc) is 2.28. The van der Waals surface area contributed by atoms with Crippen LogP contribution in [0.5, 0.6) is 0 Å². The van der Waals surface area contributed by atoms with Crippen LogP contribution in [0.15, 0.2) is 11.6 Å². The zero-order valence-electron chi connectivity index (χ0n) is 11.8. The molecule has 1 atom stereocenters. The molecular formula is C15H24O3. The van der Waals surface area contributed by atoms with E-state index in [0.29, 0.717) is 24.4 Å². The molecule has 0 aromatic rings. The van der Waals surface area contributed by atoms with E-state index in [1.165, 1.54) is 0 Å². The van der Waals surface area contributed by atoms with Crippen molar-refractivity contribution in [1.82, 2.24) is 0 Å². The standard InChI is InChI=1S/C15H24O3/c1-4-18-14(17)12(2)7-5-9-15(3)10-6-8-13(16)11-15/h7H,4-6,8-11H2,1-3H3/b12-7-/t15-/m0/s1. The van der Waals surface area contributed by atoms with Crippen LogP contribution in [0.3, 0.4) is 0 Å². The van der Waals surface area contributed by atoms with Crippen molar-refractivity contribution in [3.63, 3.8) is 0 Å². The lowest BCUT2D eigenvalue weighted by molar-refractivity contribution is -0.138. The van der Waals surface area contributed by atoms with E-state index in [9.17, 15) is 9.59 Å². The molecule has 0 amide bonds. The zero-order chi connectivity index (χ0) is 13.6. The highest BCUT2D eigenvalue weighted by molar-refractivity contribution is 5.87. The minimum atomic E-state index is -0.234. The Balaban J connectivity index is 2.42. The number of Topliss-reactive ketones (excluding diaryl/α,β-unsaturated/α-hetero) is 1. The Bertz CT molecular complexity index is 344. The van der Waals surface area contributed by atoms with Crippen molar-refractivity contribution in [2.24, 2.45) is 5.41 Å². The van der Waals surface area contributed by atoms with E-state index >= 15 is 0 Å². The second-order valence-electron chi connectivity index (χ2n) is 5.53. The number of ketones is 1. The number of hydrogen-bond donors (Lipinski definition) is 0. The minimum Gasteiger partial charge on any atom is -0.463 e. The Morgan fingerprint density at radius 1 is 1.50 bits per heavy atom. The molecule has 1 rings (SSSR count). The van der Waals surface area contributed by atoms with Crippen LogP contribution < -0.4 is 0 Å². The zero-order valence-corrected chi connectivity index (χ0v) is 11.8. The Morgan fingerprint density at radius 2 is 2.22 bits per heavy atom. The Morgan fingerprint density at radius 3 is 2.83 bits per heavy atom. The minimum absolute atomic E-state index is 0.126. The fourth-order valence-corrected chi connectivity index (χ4v) is 2.54. The van der Waals surface area contributed by atoms with Crippen LogP contribution in [-0.4, -0.2) is 18.4 Å². The third-order valence-electron chi connectivity index (χ3n) is 3.66. The molecule has 0 N–H and O–H groups in total. The van der Waals surface area contributed by atoms with Gasteiger partial charge in [-0.1, -0.05) is 13.0 Å². The number of esters is 1. The van der Waals surface area contributed by atoms with E-state index in [1.54, 1.807) is 13.8 Å². The summed E-state index contributed by atoms with van der Waals surface area (Å²) < 4.78 is 4.93. The third-order valence-corrected chi connectivity index (χ3v) is 3.66. The smallest absolute Gasteiger partial charge is 0.333 e. The summed E-state index contributed by atoms with van der Waals surface area (Å²) in [6, 6.07) is 0. The molecule has 102 valence electrons. The van der Waals surface area contributed by atoms with E-state index in [-0.39, 0.29) is 11.4 Å². The van der Waals surface area contributed by atoms with Crippen LogP contribution >= 0.6 is 0 Å². The normalized spacial score (nSPS) is 25.1. The number of hydrogen-bond acceptors (Lipinski definition) is 3. The van der Waals surface area contributed by atoms with Crippen molar-refractivity contribution >= 4 is 11.8 Å². The maximum absolute atomic E-state index is 11.5. The molecule has 1 fully saturated rings. The molecule has 0 spiro atoms. The maximum Gasteiger partial charge on any atom is 0.333 e. The number of allylic oxidation sites excluding steroid dienone is 1. The summed E-state index contributed by atoms with van der Waals surface area (Å²) in [5.74, 6) is 0.150. The van der Waals surface area contributed by atoms with Crippen LogP contribution in [0.1, 0.15) is 59.3 Å². The molecule has 0 saturated heterocycles. The van der Waals surface area contributed by atoms with E-state index in [1.807, 2.05) is 6.08 Å². The van der Waals surface area contributed by atoms with Gasteiger partial charge < -0.3 is 4.74 Å². The van der Waals surface area contributed by atoms with Gasteiger partial charge in [-0.25, -0.2) is 4.79 Å². The van der Waals surface area contributed by atoms with Gasteiger partial charge in [-0.15, -0.1) is 0 Å². The van der Waals surface area contributed by atoms with Crippen LogP contribution in [0.4, 0.5) is 0 Å². The Hall–Kier alpha value is -1.12. The molecule has 0 unspecified atom stereocenters. The molecule has 0 bridgehead atoms. The molecule has 1 saturated carbocycles. The number of carbonyl (C=O) groups excluding carboxylic acids is 2. The molecule has 0 aliphatic heterocycles. The van der Waals surface area contributed by atoms with Gasteiger partial charge in [0, 0.05) is 18.4 Å². The van der Waals surface area contributed by atoms with Gasteiger partial charge in [-0.2, -0.15) is 0 Å². The summed E-state index contributed by atoms with van der Waals surface area (Å²) in [6.45, 7) is 6.18. The third kappa shape index (κ3) is 4.63. The molecule has 1 aliphatic rings. The summed E-state index contributed by atoms with van der Waals surface area (Å²) in [5.41, 5.74) is 0.795. The van der Waals surface area contributed by atoms with Gasteiger partial charge in [0.2, 0.25) is 0 Å². The number of carbonyl (C=O) groups is 2. The largest absolute Gasteiger partial charge is 0.463 e. The second-order valence-corrected chi connectivity index (χ2v) is 5.53. The number of ether oxygens (including phenoxy) is 1. The molecule has 1 aliphatic carbocycles. The highest BCUT2D eigenvalue weighted by Gasteiger charge is 2.30. The fourth-order valence-electron chi connectivity index (χ4n) is 2.54. The molecule has 0 aromatic heterocycles. The van der Waals surface area contributed by atoms with Gasteiger partial charge in [-0.3, -0.25) is 4.79 Å².